The molecule has 0 aliphatic heterocycles. The van der Waals surface area contributed by atoms with Crippen LogP contribution in [0.1, 0.15) is 24.8 Å². The number of carbonyl (C=O) groups is 1. The van der Waals surface area contributed by atoms with E-state index in [0.717, 1.165) is 19.3 Å². The fourth-order valence-corrected chi connectivity index (χ4v) is 1.98. The summed E-state index contributed by atoms with van der Waals surface area (Å²) in [6.07, 6.45) is 3.21. The minimum absolute atomic E-state index is 0.504. The molecule has 86 valence electrons. The first-order valence-corrected chi connectivity index (χ1v) is 6.37. The third kappa shape index (κ3) is 4.54. The van der Waals surface area contributed by atoms with Crippen LogP contribution in [0.3, 0.4) is 0 Å². The highest BCUT2D eigenvalue weighted by atomic mass is 31.1. The van der Waals surface area contributed by atoms with Crippen LogP contribution >= 0.6 is 8.46 Å². The molecule has 0 amide bonds. The van der Waals surface area contributed by atoms with Crippen LogP contribution in [0.2, 0.25) is 0 Å². The maximum atomic E-state index is 10.6. The number of aryl methyl sites for hydroxylation is 1. The van der Waals surface area contributed by atoms with Gasteiger partial charge in [-0.25, -0.2) is 4.79 Å². The number of hydrogen-bond donors (Lipinski definition) is 1. The van der Waals surface area contributed by atoms with Crippen molar-refractivity contribution < 1.29 is 14.5 Å². The van der Waals surface area contributed by atoms with Crippen LogP contribution in [0, 0.1) is 0 Å². The predicted molar refractivity (Wildman–Crippen MR) is 64.4 cm³/mol. The van der Waals surface area contributed by atoms with Crippen molar-refractivity contribution in [2.75, 3.05) is 0 Å². The Morgan fingerprint density at radius 2 is 1.94 bits per heavy atom. The first-order chi connectivity index (χ1) is 7.74. The van der Waals surface area contributed by atoms with Crippen molar-refractivity contribution in [3.8, 4) is 0 Å². The summed E-state index contributed by atoms with van der Waals surface area (Å²) in [5.74, 6) is -0.951. The van der Waals surface area contributed by atoms with E-state index in [-0.39, 0.29) is 0 Å². The second-order valence-corrected chi connectivity index (χ2v) is 4.67. The van der Waals surface area contributed by atoms with E-state index in [4.69, 9.17) is 5.11 Å². The highest BCUT2D eigenvalue weighted by molar-refractivity contribution is 7.26. The van der Waals surface area contributed by atoms with Gasteiger partial charge in [-0.2, -0.15) is 0 Å². The van der Waals surface area contributed by atoms with E-state index < -0.39 is 20.1 Å². The van der Waals surface area contributed by atoms with E-state index in [1.54, 1.807) is 0 Å². The molecule has 0 aliphatic carbocycles. The van der Waals surface area contributed by atoms with E-state index in [1.807, 2.05) is 18.2 Å². The fraction of sp³-hybridized carbons (Fsp3) is 0.417. The second-order valence-electron chi connectivity index (χ2n) is 3.74. The number of aliphatic carboxylic acids is 1. The second kappa shape index (κ2) is 7.13. The lowest BCUT2D eigenvalue weighted by molar-refractivity contribution is -0.136. The van der Waals surface area contributed by atoms with Crippen LogP contribution in [-0.4, -0.2) is 16.7 Å². The molecule has 0 aromatic heterocycles. The van der Waals surface area contributed by atoms with Crippen molar-refractivity contribution in [1.82, 2.24) is 0 Å². The van der Waals surface area contributed by atoms with E-state index >= 15 is 0 Å². The van der Waals surface area contributed by atoms with Crippen LogP contribution in [0.25, 0.3) is 0 Å². The Morgan fingerprint density at radius 3 is 2.50 bits per heavy atom. The molecular weight excluding hydrogens is 223 g/mol. The van der Waals surface area contributed by atoms with Gasteiger partial charge in [0.2, 0.25) is 5.66 Å². The van der Waals surface area contributed by atoms with Gasteiger partial charge in [0, 0.05) is 6.42 Å². The van der Waals surface area contributed by atoms with E-state index in [1.165, 1.54) is 5.56 Å². The summed E-state index contributed by atoms with van der Waals surface area (Å²) in [5, 5.41) is 8.70. The van der Waals surface area contributed by atoms with Crippen molar-refractivity contribution >= 4 is 14.4 Å². The summed E-state index contributed by atoms with van der Waals surface area (Å²) in [6.45, 7) is 0. The number of carboxylic acids is 1. The summed E-state index contributed by atoms with van der Waals surface area (Å²) in [5.41, 5.74) is 0.578. The van der Waals surface area contributed by atoms with Crippen molar-refractivity contribution in [3.63, 3.8) is 0 Å². The van der Waals surface area contributed by atoms with E-state index in [9.17, 15) is 9.36 Å². The molecule has 0 radical (unpaired) electrons. The molecule has 0 fully saturated rings. The highest BCUT2D eigenvalue weighted by Gasteiger charge is 2.23. The molecule has 0 saturated carbocycles. The van der Waals surface area contributed by atoms with Gasteiger partial charge in [0.15, 0.2) is 0 Å². The van der Waals surface area contributed by atoms with Crippen molar-refractivity contribution in [1.29, 1.82) is 0 Å². The average molecular weight is 239 g/mol. The molecule has 0 bridgehead atoms. The molecule has 4 heteroatoms. The molecule has 0 aliphatic rings. The minimum Gasteiger partial charge on any atom is -0.478 e. The molecular formula is C12H16O3P+. The normalized spacial score (nSPS) is 12.5. The fourth-order valence-electron chi connectivity index (χ4n) is 1.56. The average Bonchev–Trinajstić information content (AvgIpc) is 2.30. The summed E-state index contributed by atoms with van der Waals surface area (Å²) < 4.78 is 10.6. The van der Waals surface area contributed by atoms with Gasteiger partial charge in [0.25, 0.3) is 0 Å². The van der Waals surface area contributed by atoms with Gasteiger partial charge in [-0.1, -0.05) is 34.9 Å². The lowest BCUT2D eigenvalue weighted by Gasteiger charge is -2.01. The summed E-state index contributed by atoms with van der Waals surface area (Å²) in [6, 6.07) is 10.1. The van der Waals surface area contributed by atoms with Crippen LogP contribution in [0.4, 0.5) is 0 Å². The lowest BCUT2D eigenvalue weighted by Crippen LogP contribution is -2.12. The number of carboxylic acid groups (broad SMARTS) is 1. The summed E-state index contributed by atoms with van der Waals surface area (Å²) >= 11 is 0. The maximum absolute atomic E-state index is 10.6. The number of benzene rings is 1. The zero-order chi connectivity index (χ0) is 11.8. The third-order valence-corrected chi connectivity index (χ3v) is 3.31. The predicted octanol–water partition coefficient (Wildman–Crippen LogP) is 2.88. The van der Waals surface area contributed by atoms with Crippen LogP contribution in [0.5, 0.6) is 0 Å². The van der Waals surface area contributed by atoms with Gasteiger partial charge in [0.1, 0.15) is 0 Å². The summed E-state index contributed by atoms with van der Waals surface area (Å²) in [4.78, 5) is 10.6. The first-order valence-electron chi connectivity index (χ1n) is 5.38. The number of hydrogen-bond acceptors (Lipinski definition) is 2. The Balaban J connectivity index is 2.21. The van der Waals surface area contributed by atoms with Gasteiger partial charge in [0.05, 0.1) is 0 Å². The Labute approximate surface area is 96.7 Å². The van der Waals surface area contributed by atoms with Gasteiger partial charge in [-0.05, 0) is 24.8 Å². The van der Waals surface area contributed by atoms with Crippen molar-refractivity contribution in [3.05, 3.63) is 35.9 Å². The van der Waals surface area contributed by atoms with Crippen molar-refractivity contribution in [2.24, 2.45) is 0 Å². The molecule has 3 nitrogen and oxygen atoms in total. The number of rotatable bonds is 7. The van der Waals surface area contributed by atoms with E-state index in [2.05, 4.69) is 12.1 Å². The van der Waals surface area contributed by atoms with Crippen LogP contribution < -0.4 is 0 Å². The Bertz CT molecular complexity index is 337. The Kier molecular flexibility index (Phi) is 5.73. The quantitative estimate of drug-likeness (QED) is 0.588. The standard InChI is InChI=1S/C12H15O3P/c13-12(14)11(16-15)9-5-4-8-10-6-2-1-3-7-10/h1-3,6-7,11H,4-5,8-9H2,(H,13,14)/p+1. The lowest BCUT2D eigenvalue weighted by atomic mass is 10.1. The van der Waals surface area contributed by atoms with E-state index in [0.29, 0.717) is 6.42 Å². The summed E-state index contributed by atoms with van der Waals surface area (Å²) in [7, 11) is -0.743. The molecule has 0 heterocycles. The smallest absolute Gasteiger partial charge is 0.355 e. The monoisotopic (exact) mass is 239 g/mol. The topological polar surface area (TPSA) is 54.4 Å². The largest absolute Gasteiger partial charge is 0.478 e. The molecule has 1 N–H and O–H groups in total. The van der Waals surface area contributed by atoms with Crippen molar-refractivity contribution in [2.45, 2.75) is 31.3 Å². The molecule has 2 atom stereocenters. The first kappa shape index (κ1) is 12.9. The molecule has 0 spiro atoms. The SMILES string of the molecule is O=[PH+]C(CCCCc1ccccc1)C(=O)O. The van der Waals surface area contributed by atoms with Gasteiger partial charge in [-0.15, -0.1) is 0 Å². The maximum Gasteiger partial charge on any atom is 0.355 e. The molecule has 0 saturated heterocycles. The Morgan fingerprint density at radius 1 is 1.25 bits per heavy atom. The Hall–Kier alpha value is -1.21. The minimum atomic E-state index is -0.951. The van der Waals surface area contributed by atoms with Gasteiger partial charge < -0.3 is 5.11 Å². The molecule has 2 unspecified atom stereocenters. The van der Waals surface area contributed by atoms with Crippen LogP contribution in [-0.2, 0) is 15.8 Å². The zero-order valence-electron chi connectivity index (χ0n) is 9.06. The molecule has 1 aromatic rings. The molecule has 1 aromatic carbocycles. The third-order valence-electron chi connectivity index (χ3n) is 2.49. The van der Waals surface area contributed by atoms with Gasteiger partial charge >= 0.3 is 14.4 Å². The number of unbranched alkanes of at least 4 members (excludes halogenated alkanes) is 1. The molecule has 1 rings (SSSR count). The molecule has 16 heavy (non-hydrogen) atoms. The highest BCUT2D eigenvalue weighted by Crippen LogP contribution is 2.16. The zero-order valence-corrected chi connectivity index (χ0v) is 10.1. The van der Waals surface area contributed by atoms with Crippen LogP contribution in [0.15, 0.2) is 30.3 Å². The van der Waals surface area contributed by atoms with Gasteiger partial charge in [-0.3, -0.25) is 0 Å².